The molecule has 1 unspecified atom stereocenters. The number of nitrogens with one attached hydrogen (secondary N) is 2. The van der Waals surface area contributed by atoms with Crippen molar-refractivity contribution >= 4 is 11.6 Å². The molecule has 2 heterocycles. The number of carbonyl (C=O) groups excluding carboxylic acids is 1. The molecule has 2 N–H and O–H groups in total. The number of aryl methyl sites for hydroxylation is 1. The maximum Gasteiger partial charge on any atom is 0.255 e. The number of hydrogen-bond acceptors (Lipinski definition) is 4. The zero-order chi connectivity index (χ0) is 18.6. The van der Waals surface area contributed by atoms with Crippen LogP contribution in [0, 0.1) is 5.92 Å². The fourth-order valence-electron chi connectivity index (χ4n) is 3.51. The van der Waals surface area contributed by atoms with E-state index in [0.29, 0.717) is 11.5 Å². The fraction of sp³-hybridized carbons (Fsp3) is 0.286. The van der Waals surface area contributed by atoms with Crippen LogP contribution in [0.5, 0.6) is 0 Å². The van der Waals surface area contributed by atoms with Gasteiger partial charge in [-0.2, -0.15) is 0 Å². The van der Waals surface area contributed by atoms with Gasteiger partial charge in [0.05, 0.1) is 0 Å². The fourth-order valence-corrected chi connectivity index (χ4v) is 3.51. The summed E-state index contributed by atoms with van der Waals surface area (Å²) in [6.45, 7) is 2.16. The summed E-state index contributed by atoms with van der Waals surface area (Å²) in [6, 6.07) is 15.6. The Morgan fingerprint density at radius 2 is 2.11 bits per heavy atom. The molecule has 27 heavy (non-hydrogen) atoms. The molecule has 1 aromatic heterocycles. The Hall–Kier alpha value is -2.99. The Morgan fingerprint density at radius 3 is 2.81 bits per heavy atom. The third-order valence-corrected chi connectivity index (χ3v) is 4.99. The van der Waals surface area contributed by atoms with E-state index in [0.717, 1.165) is 36.6 Å². The molecular weight excluding hydrogens is 338 g/mol. The highest BCUT2D eigenvalue weighted by atomic mass is 16.1. The van der Waals surface area contributed by atoms with Gasteiger partial charge in [-0.3, -0.25) is 4.79 Å². The van der Waals surface area contributed by atoms with Crippen molar-refractivity contribution in [3.63, 3.8) is 0 Å². The Balaban J connectivity index is 1.43. The van der Waals surface area contributed by atoms with Gasteiger partial charge in [0.2, 0.25) is 0 Å². The summed E-state index contributed by atoms with van der Waals surface area (Å²) in [5.74, 6) is 1.37. The molecule has 0 spiro atoms. The zero-order valence-corrected chi connectivity index (χ0v) is 15.4. The van der Waals surface area contributed by atoms with Crippen LogP contribution >= 0.6 is 0 Å². The number of aromatic nitrogens is 3. The van der Waals surface area contributed by atoms with Crippen molar-refractivity contribution < 1.29 is 4.79 Å². The summed E-state index contributed by atoms with van der Waals surface area (Å²) in [5, 5.41) is 14.4. The lowest BCUT2D eigenvalue weighted by molar-refractivity contribution is 0.102. The van der Waals surface area contributed by atoms with Crippen LogP contribution < -0.4 is 10.6 Å². The summed E-state index contributed by atoms with van der Waals surface area (Å²) in [7, 11) is 1.90. The number of benzene rings is 2. The largest absolute Gasteiger partial charge is 0.322 e. The average molecular weight is 361 g/mol. The lowest BCUT2D eigenvalue weighted by atomic mass is 9.97. The normalized spacial score (nSPS) is 16.4. The van der Waals surface area contributed by atoms with E-state index < -0.39 is 0 Å². The molecule has 0 aliphatic carbocycles. The Bertz CT molecular complexity index is 926. The molecule has 1 fully saturated rings. The molecule has 6 heteroatoms. The number of carbonyl (C=O) groups is 1. The van der Waals surface area contributed by atoms with Crippen molar-refractivity contribution in [2.24, 2.45) is 13.0 Å². The van der Waals surface area contributed by atoms with Crippen LogP contribution in [0.1, 0.15) is 22.3 Å². The van der Waals surface area contributed by atoms with Gasteiger partial charge in [-0.15, -0.1) is 10.2 Å². The third kappa shape index (κ3) is 4.06. The van der Waals surface area contributed by atoms with Crippen molar-refractivity contribution in [1.29, 1.82) is 0 Å². The van der Waals surface area contributed by atoms with Gasteiger partial charge >= 0.3 is 0 Å². The molecule has 2 aromatic carbocycles. The molecule has 0 saturated carbocycles. The highest BCUT2D eigenvalue weighted by Gasteiger charge is 2.15. The van der Waals surface area contributed by atoms with E-state index in [9.17, 15) is 4.79 Å². The maximum absolute atomic E-state index is 12.6. The van der Waals surface area contributed by atoms with Crippen LogP contribution in [-0.4, -0.2) is 33.8 Å². The first kappa shape index (κ1) is 17.4. The van der Waals surface area contributed by atoms with E-state index in [1.165, 1.54) is 12.0 Å². The predicted octanol–water partition coefficient (Wildman–Crippen LogP) is 2.89. The standard InChI is InChI=1S/C21H23N5O/c1-26-14-23-25-20(26)17-5-7-19(8-6-17)24-21(27)18-4-2-3-15(12-18)11-16-9-10-22-13-16/h2-8,12,14,16,22H,9-11,13H2,1H3,(H,24,27). The van der Waals surface area contributed by atoms with E-state index in [1.54, 1.807) is 6.33 Å². The monoisotopic (exact) mass is 361 g/mol. The van der Waals surface area contributed by atoms with E-state index in [-0.39, 0.29) is 5.91 Å². The van der Waals surface area contributed by atoms with Gasteiger partial charge in [-0.1, -0.05) is 12.1 Å². The quantitative estimate of drug-likeness (QED) is 0.733. The lowest BCUT2D eigenvalue weighted by Gasteiger charge is -2.10. The topological polar surface area (TPSA) is 71.8 Å². The minimum Gasteiger partial charge on any atom is -0.322 e. The number of nitrogens with zero attached hydrogens (tertiary/aromatic N) is 3. The van der Waals surface area contributed by atoms with E-state index in [1.807, 2.05) is 54.1 Å². The van der Waals surface area contributed by atoms with Crippen LogP contribution in [0.25, 0.3) is 11.4 Å². The van der Waals surface area contributed by atoms with Gasteiger partial charge in [0, 0.05) is 23.9 Å². The molecule has 3 aromatic rings. The summed E-state index contributed by atoms with van der Waals surface area (Å²) in [6.07, 6.45) is 3.88. The van der Waals surface area contributed by atoms with Crippen LogP contribution in [0.2, 0.25) is 0 Å². The molecule has 1 aliphatic rings. The predicted molar refractivity (Wildman–Crippen MR) is 106 cm³/mol. The van der Waals surface area contributed by atoms with E-state index in [4.69, 9.17) is 0 Å². The second-order valence-corrected chi connectivity index (χ2v) is 7.06. The Kier molecular flexibility index (Phi) is 4.98. The van der Waals surface area contributed by atoms with Gasteiger partial charge in [-0.25, -0.2) is 0 Å². The SMILES string of the molecule is Cn1cnnc1-c1ccc(NC(=O)c2cccc(CC3CCNC3)c2)cc1. The molecule has 138 valence electrons. The number of anilines is 1. The molecule has 0 bridgehead atoms. The van der Waals surface area contributed by atoms with Crippen molar-refractivity contribution in [3.05, 3.63) is 66.0 Å². The van der Waals surface area contributed by atoms with Crippen molar-refractivity contribution in [2.45, 2.75) is 12.8 Å². The molecule has 1 saturated heterocycles. The molecule has 1 aliphatic heterocycles. The minimum atomic E-state index is -0.0900. The van der Waals surface area contributed by atoms with Crippen LogP contribution in [0.3, 0.4) is 0 Å². The third-order valence-electron chi connectivity index (χ3n) is 4.99. The first-order chi connectivity index (χ1) is 13.2. The van der Waals surface area contributed by atoms with E-state index in [2.05, 4.69) is 26.9 Å². The molecule has 4 rings (SSSR count). The average Bonchev–Trinajstić information content (AvgIpc) is 3.34. The maximum atomic E-state index is 12.6. The van der Waals surface area contributed by atoms with E-state index >= 15 is 0 Å². The van der Waals surface area contributed by atoms with Crippen LogP contribution in [0.15, 0.2) is 54.9 Å². The second kappa shape index (κ2) is 7.72. The number of amides is 1. The smallest absolute Gasteiger partial charge is 0.255 e. The van der Waals surface area contributed by atoms with Crippen LogP contribution in [-0.2, 0) is 13.5 Å². The summed E-state index contributed by atoms with van der Waals surface area (Å²) in [4.78, 5) is 12.6. The Labute approximate surface area is 158 Å². The van der Waals surface area contributed by atoms with Crippen LogP contribution in [0.4, 0.5) is 5.69 Å². The first-order valence-corrected chi connectivity index (χ1v) is 9.24. The number of rotatable bonds is 5. The van der Waals surface area contributed by atoms with Crippen molar-refractivity contribution in [3.8, 4) is 11.4 Å². The summed E-state index contributed by atoms with van der Waals surface area (Å²) >= 11 is 0. The van der Waals surface area contributed by atoms with Gasteiger partial charge in [0.1, 0.15) is 6.33 Å². The van der Waals surface area contributed by atoms with Gasteiger partial charge < -0.3 is 15.2 Å². The molecule has 6 nitrogen and oxygen atoms in total. The minimum absolute atomic E-state index is 0.0900. The highest BCUT2D eigenvalue weighted by Crippen LogP contribution is 2.20. The van der Waals surface area contributed by atoms with Gasteiger partial charge in [0.25, 0.3) is 5.91 Å². The molecule has 1 atom stereocenters. The molecule has 1 amide bonds. The van der Waals surface area contributed by atoms with Crippen molar-refractivity contribution in [1.82, 2.24) is 20.1 Å². The zero-order valence-electron chi connectivity index (χ0n) is 15.4. The molecular formula is C21H23N5O. The molecule has 0 radical (unpaired) electrons. The summed E-state index contributed by atoms with van der Waals surface area (Å²) in [5.41, 5.74) is 3.63. The van der Waals surface area contributed by atoms with Crippen molar-refractivity contribution in [2.75, 3.05) is 18.4 Å². The number of hydrogen-bond donors (Lipinski definition) is 2. The Morgan fingerprint density at radius 1 is 1.26 bits per heavy atom. The lowest BCUT2D eigenvalue weighted by Crippen LogP contribution is -2.13. The summed E-state index contributed by atoms with van der Waals surface area (Å²) < 4.78 is 1.86. The second-order valence-electron chi connectivity index (χ2n) is 7.06. The van der Waals surface area contributed by atoms with Gasteiger partial charge in [0.15, 0.2) is 5.82 Å². The highest BCUT2D eigenvalue weighted by molar-refractivity contribution is 6.04. The van der Waals surface area contributed by atoms with Gasteiger partial charge in [-0.05, 0) is 73.8 Å². The first-order valence-electron chi connectivity index (χ1n) is 9.24.